The summed E-state index contributed by atoms with van der Waals surface area (Å²) in [5.41, 5.74) is 0. The van der Waals surface area contributed by atoms with Crippen molar-refractivity contribution < 1.29 is 16.8 Å². The van der Waals surface area contributed by atoms with Crippen LogP contribution in [0.25, 0.3) is 0 Å². The Bertz CT molecular complexity index is 457. The summed E-state index contributed by atoms with van der Waals surface area (Å²) in [6.45, 7) is 0. The number of rotatable bonds is 0. The van der Waals surface area contributed by atoms with Gasteiger partial charge in [0.15, 0.2) is 24.8 Å². The van der Waals surface area contributed by atoms with E-state index in [0.717, 1.165) is 0 Å². The van der Waals surface area contributed by atoms with Crippen molar-refractivity contribution in [2.24, 2.45) is 0 Å². The highest BCUT2D eigenvalue weighted by Gasteiger charge is 2.42. The van der Waals surface area contributed by atoms with Crippen LogP contribution >= 0.6 is 0 Å². The minimum atomic E-state index is -3.55. The Balaban J connectivity index is 2.77. The molecule has 0 atom stereocenters. The van der Waals surface area contributed by atoms with Gasteiger partial charge in [0.25, 0.3) is 0 Å². The third kappa shape index (κ3) is 1.24. The maximum atomic E-state index is 11.3. The first-order valence-electron chi connectivity index (χ1n) is 3.80. The van der Waals surface area contributed by atoms with Gasteiger partial charge in [0, 0.05) is 0 Å². The van der Waals surface area contributed by atoms with E-state index in [2.05, 4.69) is 0 Å². The largest absolute Gasteiger partial charge is 0.223 e. The maximum Gasteiger partial charge on any atom is 0.194 e. The molecule has 4 nitrogen and oxygen atoms in total. The third-order valence-electron chi connectivity index (χ3n) is 2.05. The Morgan fingerprint density at radius 3 is 1.62 bits per heavy atom. The Kier molecular flexibility index (Phi) is 1.69. The number of allylic oxidation sites excluding steroid dienone is 2. The molecule has 6 heteroatoms. The lowest BCUT2D eigenvalue weighted by molar-refractivity contribution is 0.601. The fourth-order valence-corrected chi connectivity index (χ4v) is 6.46. The topological polar surface area (TPSA) is 68.3 Å². The summed E-state index contributed by atoms with van der Waals surface area (Å²) < 4.78 is 45.3. The lowest BCUT2D eigenvalue weighted by Crippen LogP contribution is -2.03. The monoisotopic (exact) mass is 220 g/mol. The molecule has 0 N–H and O–H groups in total. The van der Waals surface area contributed by atoms with Crippen LogP contribution in [0.1, 0.15) is 12.8 Å². The SMILES string of the molecule is O=S1(=O)CS(=O)(=O)C2=CCCC=C21. The fourth-order valence-electron chi connectivity index (χ4n) is 1.52. The van der Waals surface area contributed by atoms with Crippen LogP contribution in [-0.2, 0) is 19.7 Å². The van der Waals surface area contributed by atoms with Crippen molar-refractivity contribution in [3.63, 3.8) is 0 Å². The summed E-state index contributed by atoms with van der Waals surface area (Å²) in [5, 5.41) is -0.752. The van der Waals surface area contributed by atoms with E-state index in [4.69, 9.17) is 0 Å². The molecule has 13 heavy (non-hydrogen) atoms. The summed E-state index contributed by atoms with van der Waals surface area (Å²) in [7, 11) is -7.10. The minimum Gasteiger partial charge on any atom is -0.223 e. The molecule has 72 valence electrons. The van der Waals surface area contributed by atoms with Crippen molar-refractivity contribution in [1.29, 1.82) is 0 Å². The van der Waals surface area contributed by atoms with E-state index in [9.17, 15) is 16.8 Å². The highest BCUT2D eigenvalue weighted by molar-refractivity contribution is 8.16. The summed E-state index contributed by atoms with van der Waals surface area (Å²) in [5.74, 6) is 0. The van der Waals surface area contributed by atoms with Gasteiger partial charge in [-0.15, -0.1) is 0 Å². The Morgan fingerprint density at radius 1 is 0.846 bits per heavy atom. The van der Waals surface area contributed by atoms with Gasteiger partial charge in [0.2, 0.25) is 0 Å². The van der Waals surface area contributed by atoms with E-state index in [0.29, 0.717) is 12.8 Å². The van der Waals surface area contributed by atoms with Crippen molar-refractivity contribution in [3.8, 4) is 0 Å². The standard InChI is InChI=1S/C7H8O4S2/c8-12(9)5-13(10,11)7-4-2-1-3-6(7)12/h3-4H,1-2,5H2. The highest BCUT2D eigenvalue weighted by atomic mass is 32.3. The summed E-state index contributed by atoms with van der Waals surface area (Å²) in [4.78, 5) is 0.0255. The van der Waals surface area contributed by atoms with Gasteiger partial charge in [-0.25, -0.2) is 16.8 Å². The zero-order chi connectivity index (χ0) is 9.69. The lowest BCUT2D eigenvalue weighted by Gasteiger charge is -2.03. The molecule has 1 fully saturated rings. The van der Waals surface area contributed by atoms with Crippen LogP contribution in [0.3, 0.4) is 0 Å². The van der Waals surface area contributed by atoms with E-state index < -0.39 is 24.8 Å². The van der Waals surface area contributed by atoms with Crippen molar-refractivity contribution in [2.45, 2.75) is 12.8 Å². The van der Waals surface area contributed by atoms with Crippen LogP contribution in [0, 0.1) is 0 Å². The molecule has 0 aromatic rings. The van der Waals surface area contributed by atoms with E-state index >= 15 is 0 Å². The van der Waals surface area contributed by atoms with Crippen molar-refractivity contribution in [1.82, 2.24) is 0 Å². The molecule has 2 rings (SSSR count). The second-order valence-corrected chi connectivity index (χ2v) is 7.34. The Morgan fingerprint density at radius 2 is 1.23 bits per heavy atom. The Hall–Kier alpha value is -0.620. The normalized spacial score (nSPS) is 28.9. The Labute approximate surface area is 76.8 Å². The number of hydrogen-bond acceptors (Lipinski definition) is 4. The molecule has 0 aromatic heterocycles. The second kappa shape index (κ2) is 2.45. The number of fused-ring (bicyclic) bond motifs is 1. The molecule has 0 amide bonds. The van der Waals surface area contributed by atoms with Gasteiger partial charge in [-0.2, -0.15) is 0 Å². The van der Waals surface area contributed by atoms with E-state index in [1.807, 2.05) is 0 Å². The molecule has 0 bridgehead atoms. The van der Waals surface area contributed by atoms with E-state index in [1.54, 1.807) is 0 Å². The van der Waals surface area contributed by atoms with Gasteiger partial charge in [-0.3, -0.25) is 0 Å². The van der Waals surface area contributed by atoms with Crippen LogP contribution in [0.15, 0.2) is 22.0 Å². The molecule has 1 aliphatic carbocycles. The third-order valence-corrected chi connectivity index (χ3v) is 6.77. The lowest BCUT2D eigenvalue weighted by atomic mass is 10.2. The average molecular weight is 220 g/mol. The van der Waals surface area contributed by atoms with Crippen LogP contribution in [0.2, 0.25) is 0 Å². The van der Waals surface area contributed by atoms with Crippen molar-refractivity contribution in [3.05, 3.63) is 22.0 Å². The number of sulfone groups is 2. The smallest absolute Gasteiger partial charge is 0.194 e. The molecule has 1 saturated heterocycles. The zero-order valence-electron chi connectivity index (χ0n) is 6.73. The minimum absolute atomic E-state index is 0.0127. The van der Waals surface area contributed by atoms with Crippen LogP contribution in [-0.4, -0.2) is 21.9 Å². The predicted molar refractivity (Wildman–Crippen MR) is 48.1 cm³/mol. The zero-order valence-corrected chi connectivity index (χ0v) is 8.36. The number of hydrogen-bond donors (Lipinski definition) is 0. The van der Waals surface area contributed by atoms with Gasteiger partial charge in [-0.1, -0.05) is 12.2 Å². The summed E-state index contributed by atoms with van der Waals surface area (Å²) in [6, 6.07) is 0. The quantitative estimate of drug-likeness (QED) is 0.590. The first-order chi connectivity index (χ1) is 5.93. The second-order valence-electron chi connectivity index (χ2n) is 3.06. The first kappa shape index (κ1) is 8.96. The van der Waals surface area contributed by atoms with Crippen LogP contribution in [0.4, 0.5) is 0 Å². The molecule has 1 aliphatic heterocycles. The van der Waals surface area contributed by atoms with Gasteiger partial charge in [-0.05, 0) is 12.8 Å². The van der Waals surface area contributed by atoms with Crippen LogP contribution in [0.5, 0.6) is 0 Å². The molecule has 0 aromatic carbocycles. The van der Waals surface area contributed by atoms with Gasteiger partial charge >= 0.3 is 0 Å². The summed E-state index contributed by atoms with van der Waals surface area (Å²) >= 11 is 0. The van der Waals surface area contributed by atoms with Crippen molar-refractivity contribution in [2.75, 3.05) is 5.08 Å². The summed E-state index contributed by atoms with van der Waals surface area (Å²) in [6.07, 6.45) is 4.20. The molecular formula is C7H8O4S2. The van der Waals surface area contributed by atoms with Gasteiger partial charge in [0.05, 0.1) is 9.81 Å². The predicted octanol–water partition coefficient (Wildman–Crippen LogP) is 0.349. The average Bonchev–Trinajstić information content (AvgIpc) is 2.20. The molecule has 2 aliphatic rings. The highest BCUT2D eigenvalue weighted by Crippen LogP contribution is 2.36. The van der Waals surface area contributed by atoms with Gasteiger partial charge < -0.3 is 0 Å². The molecule has 0 unspecified atom stereocenters. The molecule has 1 heterocycles. The van der Waals surface area contributed by atoms with Crippen LogP contribution < -0.4 is 0 Å². The molecule has 0 saturated carbocycles. The maximum absolute atomic E-state index is 11.3. The fraction of sp³-hybridized carbons (Fsp3) is 0.429. The van der Waals surface area contributed by atoms with Crippen molar-refractivity contribution >= 4 is 19.7 Å². The molecule has 0 radical (unpaired) electrons. The molecule has 0 spiro atoms. The van der Waals surface area contributed by atoms with E-state index in [1.165, 1.54) is 12.2 Å². The first-order valence-corrected chi connectivity index (χ1v) is 7.10. The van der Waals surface area contributed by atoms with E-state index in [-0.39, 0.29) is 9.81 Å². The molecular weight excluding hydrogens is 212 g/mol. The van der Waals surface area contributed by atoms with Gasteiger partial charge in [0.1, 0.15) is 0 Å².